The Labute approximate surface area is 176 Å². The molecule has 0 aliphatic carbocycles. The summed E-state index contributed by atoms with van der Waals surface area (Å²) in [5.41, 5.74) is 6.47. The summed E-state index contributed by atoms with van der Waals surface area (Å²) in [5.74, 6) is -0.657. The van der Waals surface area contributed by atoms with Crippen molar-refractivity contribution in [3.8, 4) is 5.75 Å². The molecule has 9 heteroatoms. The van der Waals surface area contributed by atoms with Gasteiger partial charge in [0.2, 0.25) is 0 Å². The van der Waals surface area contributed by atoms with Crippen molar-refractivity contribution in [3.05, 3.63) is 22.7 Å². The molecule has 162 valence electrons. The monoisotopic (exact) mass is 427 g/mol. The number of nitrogens with zero attached hydrogens (tertiary/aromatic N) is 1. The number of nitrogens with two attached hydrogens (primary N) is 1. The van der Waals surface area contributed by atoms with Gasteiger partial charge in [-0.15, -0.1) is 0 Å². The number of carbonyl (C=O) groups excluding carboxylic acids is 1. The van der Waals surface area contributed by atoms with Crippen LogP contribution < -0.4 is 15.8 Å². The minimum atomic E-state index is -0.750. The third-order valence-corrected chi connectivity index (χ3v) is 5.52. The highest BCUT2D eigenvalue weighted by Gasteiger charge is 2.31. The van der Waals surface area contributed by atoms with E-state index in [1.807, 2.05) is 0 Å². The molecule has 1 saturated heterocycles. The summed E-state index contributed by atoms with van der Waals surface area (Å²) in [7, 11) is 3.12. The SMILES string of the molecule is COc1cc(N)c(Cl)cc1C(=O)N[C@@H]1CCN(CCCCCC(=O)O)C[C@@H]1OC. The summed E-state index contributed by atoms with van der Waals surface area (Å²) in [5, 5.41) is 12.0. The molecule has 1 aliphatic heterocycles. The fourth-order valence-electron chi connectivity index (χ4n) is 3.54. The topological polar surface area (TPSA) is 114 Å². The molecule has 2 atom stereocenters. The van der Waals surface area contributed by atoms with Gasteiger partial charge in [0, 0.05) is 32.7 Å². The maximum Gasteiger partial charge on any atom is 0.303 e. The number of nitrogen functional groups attached to an aromatic ring is 1. The van der Waals surface area contributed by atoms with Gasteiger partial charge in [0.15, 0.2) is 0 Å². The van der Waals surface area contributed by atoms with E-state index in [1.54, 1.807) is 7.11 Å². The predicted molar refractivity (Wildman–Crippen MR) is 112 cm³/mol. The lowest BCUT2D eigenvalue weighted by molar-refractivity contribution is -0.137. The number of likely N-dealkylation sites (tertiary alicyclic amines) is 1. The number of hydrogen-bond acceptors (Lipinski definition) is 6. The van der Waals surface area contributed by atoms with E-state index in [1.165, 1.54) is 19.2 Å². The van der Waals surface area contributed by atoms with E-state index in [2.05, 4.69) is 10.2 Å². The minimum Gasteiger partial charge on any atom is -0.496 e. The standard InChI is InChI=1S/C20H30ClN3O5/c1-28-17-11-15(22)14(21)10-13(17)20(27)23-16-7-9-24(12-18(16)29-2)8-5-3-4-6-19(25)26/h10-11,16,18H,3-9,12,22H2,1-2H3,(H,23,27)(H,25,26)/t16-,18+/m1/s1. The van der Waals surface area contributed by atoms with Gasteiger partial charge in [0.25, 0.3) is 5.91 Å². The number of anilines is 1. The second-order valence-corrected chi connectivity index (χ2v) is 7.63. The molecule has 0 bridgehead atoms. The van der Waals surface area contributed by atoms with E-state index in [4.69, 9.17) is 31.9 Å². The van der Waals surface area contributed by atoms with Crippen molar-refractivity contribution in [2.75, 3.05) is 39.6 Å². The summed E-state index contributed by atoms with van der Waals surface area (Å²) < 4.78 is 10.9. The molecule has 2 rings (SSSR count). The molecule has 1 aliphatic rings. The molecular weight excluding hydrogens is 398 g/mol. The lowest BCUT2D eigenvalue weighted by atomic mass is 10.00. The molecule has 8 nitrogen and oxygen atoms in total. The van der Waals surface area contributed by atoms with Crippen molar-refractivity contribution in [3.63, 3.8) is 0 Å². The van der Waals surface area contributed by atoms with Crippen LogP contribution in [0.1, 0.15) is 42.5 Å². The summed E-state index contributed by atoms with van der Waals surface area (Å²) in [6.07, 6.45) is 3.36. The zero-order valence-corrected chi connectivity index (χ0v) is 17.7. The molecule has 1 aromatic rings. The second kappa shape index (κ2) is 11.2. The van der Waals surface area contributed by atoms with Crippen molar-refractivity contribution in [1.82, 2.24) is 10.2 Å². The number of hydrogen-bond donors (Lipinski definition) is 3. The zero-order valence-electron chi connectivity index (χ0n) is 16.9. The first kappa shape index (κ1) is 23.3. The lowest BCUT2D eigenvalue weighted by Gasteiger charge is -2.38. The smallest absolute Gasteiger partial charge is 0.303 e. The first-order valence-corrected chi connectivity index (χ1v) is 10.1. The molecule has 1 amide bonds. The number of nitrogens with one attached hydrogen (secondary N) is 1. The molecule has 1 heterocycles. The van der Waals surface area contributed by atoms with Gasteiger partial charge in [0.05, 0.1) is 35.5 Å². The van der Waals surface area contributed by atoms with E-state index >= 15 is 0 Å². The summed E-state index contributed by atoms with van der Waals surface area (Å²) in [6.45, 7) is 2.44. The highest BCUT2D eigenvalue weighted by molar-refractivity contribution is 6.33. The van der Waals surface area contributed by atoms with Crippen molar-refractivity contribution in [1.29, 1.82) is 0 Å². The molecule has 0 radical (unpaired) electrons. The Morgan fingerprint density at radius 1 is 1.31 bits per heavy atom. The number of ether oxygens (including phenoxy) is 2. The third kappa shape index (κ3) is 6.76. The molecule has 1 aromatic carbocycles. The Morgan fingerprint density at radius 2 is 2.07 bits per heavy atom. The molecular formula is C20H30ClN3O5. The maximum atomic E-state index is 12.8. The minimum absolute atomic E-state index is 0.128. The van der Waals surface area contributed by atoms with Crippen molar-refractivity contribution in [2.45, 2.75) is 44.2 Å². The lowest BCUT2D eigenvalue weighted by Crippen LogP contribution is -2.54. The average molecular weight is 428 g/mol. The van der Waals surface area contributed by atoms with E-state index < -0.39 is 5.97 Å². The Morgan fingerprint density at radius 3 is 2.72 bits per heavy atom. The van der Waals surface area contributed by atoms with Gasteiger partial charge in [-0.1, -0.05) is 18.0 Å². The number of halogens is 1. The molecule has 29 heavy (non-hydrogen) atoms. The fourth-order valence-corrected chi connectivity index (χ4v) is 3.70. The molecule has 4 N–H and O–H groups in total. The van der Waals surface area contributed by atoms with Crippen LogP contribution in [0.25, 0.3) is 0 Å². The predicted octanol–water partition coefficient (Wildman–Crippen LogP) is 2.39. The van der Waals surface area contributed by atoms with Crippen LogP contribution in [0.4, 0.5) is 5.69 Å². The molecule has 0 aromatic heterocycles. The third-order valence-electron chi connectivity index (χ3n) is 5.19. The molecule has 0 unspecified atom stereocenters. The number of amides is 1. The first-order chi connectivity index (χ1) is 13.8. The normalized spacial score (nSPS) is 19.7. The van der Waals surface area contributed by atoms with Gasteiger partial charge in [-0.25, -0.2) is 0 Å². The number of aliphatic carboxylic acids is 1. The number of rotatable bonds is 10. The average Bonchev–Trinajstić information content (AvgIpc) is 2.69. The van der Waals surface area contributed by atoms with Crippen molar-refractivity contribution in [2.24, 2.45) is 0 Å². The van der Waals surface area contributed by atoms with Gasteiger partial charge >= 0.3 is 5.97 Å². The Bertz CT molecular complexity index is 716. The highest BCUT2D eigenvalue weighted by atomic mass is 35.5. The van der Waals surface area contributed by atoms with Gasteiger partial charge in [0.1, 0.15) is 5.75 Å². The maximum absolute atomic E-state index is 12.8. The number of piperidine rings is 1. The van der Waals surface area contributed by atoms with Gasteiger partial charge in [-0.3, -0.25) is 9.59 Å². The number of carbonyl (C=O) groups is 2. The second-order valence-electron chi connectivity index (χ2n) is 7.22. The van der Waals surface area contributed by atoms with E-state index in [0.29, 0.717) is 35.0 Å². The fraction of sp³-hybridized carbons (Fsp3) is 0.600. The van der Waals surface area contributed by atoms with Crippen LogP contribution in [0.15, 0.2) is 12.1 Å². The molecule has 0 saturated carbocycles. The summed E-state index contributed by atoms with van der Waals surface area (Å²) >= 11 is 6.07. The Kier molecular flexibility index (Phi) is 9.00. The van der Waals surface area contributed by atoms with Crippen LogP contribution in [-0.4, -0.2) is 67.9 Å². The van der Waals surface area contributed by atoms with Crippen LogP contribution in [-0.2, 0) is 9.53 Å². The van der Waals surface area contributed by atoms with E-state index in [9.17, 15) is 9.59 Å². The molecule has 1 fully saturated rings. The van der Waals surface area contributed by atoms with Crippen LogP contribution >= 0.6 is 11.6 Å². The number of benzene rings is 1. The van der Waals surface area contributed by atoms with Crippen molar-refractivity contribution < 1.29 is 24.2 Å². The largest absolute Gasteiger partial charge is 0.496 e. The van der Waals surface area contributed by atoms with E-state index in [0.717, 1.165) is 32.4 Å². The van der Waals surface area contributed by atoms with Gasteiger partial charge in [-0.2, -0.15) is 0 Å². The Balaban J connectivity index is 1.90. The summed E-state index contributed by atoms with van der Waals surface area (Å²) in [4.78, 5) is 25.6. The quantitative estimate of drug-likeness (QED) is 0.388. The zero-order chi connectivity index (χ0) is 21.4. The van der Waals surface area contributed by atoms with Crippen molar-refractivity contribution >= 4 is 29.2 Å². The number of methoxy groups -OCH3 is 2. The summed E-state index contributed by atoms with van der Waals surface area (Å²) in [6, 6.07) is 2.92. The first-order valence-electron chi connectivity index (χ1n) is 9.76. The number of carboxylic acid groups (broad SMARTS) is 1. The van der Waals surface area contributed by atoms with E-state index in [-0.39, 0.29) is 24.5 Å². The van der Waals surface area contributed by atoms with Crippen LogP contribution in [0.2, 0.25) is 5.02 Å². The van der Waals surface area contributed by atoms with Crippen LogP contribution in [0.3, 0.4) is 0 Å². The highest BCUT2D eigenvalue weighted by Crippen LogP contribution is 2.29. The van der Waals surface area contributed by atoms with Crippen LogP contribution in [0, 0.1) is 0 Å². The van der Waals surface area contributed by atoms with Crippen LogP contribution in [0.5, 0.6) is 5.75 Å². The number of unbranched alkanes of at least 4 members (excludes halogenated alkanes) is 2. The van der Waals surface area contributed by atoms with Gasteiger partial charge in [-0.05, 0) is 31.9 Å². The van der Waals surface area contributed by atoms with Gasteiger partial charge < -0.3 is 30.5 Å². The Hall–Kier alpha value is -2.03. The molecule has 0 spiro atoms. The number of carboxylic acids is 1.